The number of pyridine rings is 2. The number of hydrogen-bond donors (Lipinski definition) is 1. The molecule has 4 rings (SSSR count). The van der Waals surface area contributed by atoms with Gasteiger partial charge < -0.3 is 9.73 Å². The third kappa shape index (κ3) is 3.99. The van der Waals surface area contributed by atoms with Crippen molar-refractivity contribution < 1.29 is 13.6 Å². The van der Waals surface area contributed by atoms with E-state index < -0.39 is 11.7 Å². The summed E-state index contributed by atoms with van der Waals surface area (Å²) in [5.41, 5.74) is 2.62. The van der Waals surface area contributed by atoms with Crippen LogP contribution in [0.4, 0.5) is 10.2 Å². The zero-order chi connectivity index (χ0) is 20.1. The van der Waals surface area contributed by atoms with Gasteiger partial charge in [-0.3, -0.25) is 9.78 Å². The Bertz CT molecular complexity index is 1110. The number of amides is 1. The van der Waals surface area contributed by atoms with Crippen molar-refractivity contribution in [1.29, 1.82) is 0 Å². The average Bonchev–Trinajstić information content (AvgIpc) is 3.17. The summed E-state index contributed by atoms with van der Waals surface area (Å²) in [4.78, 5) is 23.9. The summed E-state index contributed by atoms with van der Waals surface area (Å²) in [5, 5.41) is 3.04. The fraction of sp³-hybridized carbons (Fsp3) is 0.100. The van der Waals surface area contributed by atoms with Crippen LogP contribution in [0.5, 0.6) is 0 Å². The molecule has 3 aromatic heterocycles. The molecule has 1 N–H and O–H groups in total. The molecule has 0 saturated heterocycles. The van der Waals surface area contributed by atoms with E-state index in [2.05, 4.69) is 20.3 Å². The first-order valence-corrected chi connectivity index (χ1v) is 8.89. The smallest absolute Gasteiger partial charge is 0.259 e. The molecule has 6 nitrogen and oxygen atoms in total. The summed E-state index contributed by atoms with van der Waals surface area (Å²) in [5.74, 6) is -1.02. The highest BCUT2D eigenvalue weighted by Crippen LogP contribution is 2.31. The lowest BCUT2D eigenvalue weighted by Gasteiger charge is -2.07. The van der Waals surface area contributed by atoms with Crippen LogP contribution in [0, 0.1) is 5.82 Å². The highest BCUT2D eigenvalue weighted by atomic mass is 35.5. The van der Waals surface area contributed by atoms with Crippen LogP contribution in [0.15, 0.2) is 59.7 Å². The first-order valence-electron chi connectivity index (χ1n) is 8.52. The molecule has 0 aliphatic carbocycles. The lowest BCUT2D eigenvalue weighted by atomic mass is 10.1. The van der Waals surface area contributed by atoms with Crippen LogP contribution in [0.2, 0.25) is 5.02 Å². The second-order valence-electron chi connectivity index (χ2n) is 5.39. The number of fused-ring (bicyclic) bond motifs is 1. The number of carbonyl (C=O) groups excluding carboxylic acids is 1. The molecule has 142 valence electrons. The summed E-state index contributed by atoms with van der Waals surface area (Å²) in [6.07, 6.45) is 5.23. The van der Waals surface area contributed by atoms with Gasteiger partial charge in [0.15, 0.2) is 17.8 Å². The maximum absolute atomic E-state index is 13.6. The molecule has 0 radical (unpaired) electrons. The van der Waals surface area contributed by atoms with E-state index in [1.54, 1.807) is 30.5 Å². The number of benzene rings is 1. The van der Waals surface area contributed by atoms with Crippen LogP contribution >= 0.6 is 11.6 Å². The number of rotatable bonds is 3. The van der Waals surface area contributed by atoms with E-state index >= 15 is 0 Å². The minimum absolute atomic E-state index is 0.107. The van der Waals surface area contributed by atoms with Crippen molar-refractivity contribution in [3.63, 3.8) is 0 Å². The summed E-state index contributed by atoms with van der Waals surface area (Å²) >= 11 is 6.29. The van der Waals surface area contributed by atoms with Crippen molar-refractivity contribution in [2.24, 2.45) is 0 Å². The van der Waals surface area contributed by atoms with E-state index in [1.807, 2.05) is 13.8 Å². The molecule has 8 heteroatoms. The number of anilines is 1. The molecule has 0 bridgehead atoms. The topological polar surface area (TPSA) is 80.9 Å². The average molecular weight is 399 g/mol. The summed E-state index contributed by atoms with van der Waals surface area (Å²) in [6.45, 7) is 4.00. The van der Waals surface area contributed by atoms with Crippen LogP contribution in [0.25, 0.3) is 22.2 Å². The minimum Gasteiger partial charge on any atom is -0.443 e. The molecule has 28 heavy (non-hydrogen) atoms. The van der Waals surface area contributed by atoms with E-state index in [4.69, 9.17) is 16.0 Å². The van der Waals surface area contributed by atoms with Gasteiger partial charge in [0.2, 0.25) is 0 Å². The van der Waals surface area contributed by atoms with E-state index in [-0.39, 0.29) is 11.4 Å². The van der Waals surface area contributed by atoms with Crippen LogP contribution in [-0.4, -0.2) is 20.9 Å². The largest absolute Gasteiger partial charge is 0.443 e. The Kier molecular flexibility index (Phi) is 5.96. The number of nitrogens with one attached hydrogen (secondary N) is 1. The van der Waals surface area contributed by atoms with Crippen molar-refractivity contribution in [2.75, 3.05) is 5.32 Å². The lowest BCUT2D eigenvalue weighted by molar-refractivity contribution is 0.102. The maximum atomic E-state index is 13.6. The predicted molar refractivity (Wildman–Crippen MR) is 106 cm³/mol. The molecular formula is C20H16ClFN4O2. The van der Waals surface area contributed by atoms with Crippen molar-refractivity contribution in [3.8, 4) is 11.1 Å². The zero-order valence-electron chi connectivity index (χ0n) is 15.1. The Morgan fingerprint density at radius 3 is 2.68 bits per heavy atom. The van der Waals surface area contributed by atoms with Crippen LogP contribution in [0.3, 0.4) is 0 Å². The van der Waals surface area contributed by atoms with Gasteiger partial charge in [0.1, 0.15) is 11.3 Å². The molecule has 0 spiro atoms. The van der Waals surface area contributed by atoms with Gasteiger partial charge in [-0.2, -0.15) is 0 Å². The molecule has 4 aromatic rings. The number of aromatic nitrogens is 3. The third-order valence-corrected chi connectivity index (χ3v) is 4.07. The van der Waals surface area contributed by atoms with Crippen LogP contribution < -0.4 is 5.32 Å². The number of nitrogens with zero attached hydrogens (tertiary/aromatic N) is 3. The predicted octanol–water partition coefficient (Wildman–Crippen LogP) is 5.36. The molecule has 0 saturated carbocycles. The maximum Gasteiger partial charge on any atom is 0.259 e. The van der Waals surface area contributed by atoms with E-state index in [9.17, 15) is 9.18 Å². The van der Waals surface area contributed by atoms with Crippen molar-refractivity contribution in [2.45, 2.75) is 13.8 Å². The van der Waals surface area contributed by atoms with E-state index in [0.717, 1.165) is 17.3 Å². The number of oxazole rings is 1. The Balaban J connectivity index is 0.00000109. The van der Waals surface area contributed by atoms with Gasteiger partial charge in [-0.05, 0) is 30.3 Å². The normalized spacial score (nSPS) is 10.3. The van der Waals surface area contributed by atoms with Crippen molar-refractivity contribution in [3.05, 3.63) is 71.7 Å². The fourth-order valence-corrected chi connectivity index (χ4v) is 2.74. The van der Waals surface area contributed by atoms with Crippen molar-refractivity contribution in [1.82, 2.24) is 15.0 Å². The molecule has 1 aromatic carbocycles. The third-order valence-electron chi connectivity index (χ3n) is 3.75. The van der Waals surface area contributed by atoms with Gasteiger partial charge >= 0.3 is 0 Å². The van der Waals surface area contributed by atoms with Crippen molar-refractivity contribution >= 4 is 34.4 Å². The number of hydrogen-bond acceptors (Lipinski definition) is 5. The summed E-state index contributed by atoms with van der Waals surface area (Å²) in [6, 6.07) is 8.12. The Morgan fingerprint density at radius 2 is 1.96 bits per heavy atom. The van der Waals surface area contributed by atoms with E-state index in [1.165, 1.54) is 18.7 Å². The Labute approximate surface area is 165 Å². The molecule has 0 fully saturated rings. The van der Waals surface area contributed by atoms with Gasteiger partial charge in [0.25, 0.3) is 5.91 Å². The highest BCUT2D eigenvalue weighted by molar-refractivity contribution is 6.34. The molecular weight excluding hydrogens is 383 g/mol. The molecule has 0 aliphatic heterocycles. The van der Waals surface area contributed by atoms with Crippen LogP contribution in [-0.2, 0) is 0 Å². The molecule has 3 heterocycles. The van der Waals surface area contributed by atoms with Gasteiger partial charge in [-0.15, -0.1) is 0 Å². The van der Waals surface area contributed by atoms with Crippen LogP contribution in [0.1, 0.15) is 24.2 Å². The first kappa shape index (κ1) is 19.4. The van der Waals surface area contributed by atoms with E-state index in [0.29, 0.717) is 16.1 Å². The fourth-order valence-electron chi connectivity index (χ4n) is 2.47. The monoisotopic (exact) mass is 398 g/mol. The van der Waals surface area contributed by atoms with Gasteiger partial charge in [0.05, 0.1) is 16.8 Å². The number of halogens is 2. The summed E-state index contributed by atoms with van der Waals surface area (Å²) < 4.78 is 18.9. The van der Waals surface area contributed by atoms with Gasteiger partial charge in [0, 0.05) is 23.5 Å². The Hall–Kier alpha value is -3.32. The Morgan fingerprint density at radius 1 is 1.14 bits per heavy atom. The molecule has 0 atom stereocenters. The second kappa shape index (κ2) is 8.58. The standard InChI is InChI=1S/C18H10ClFN4O2.C2H6/c19-13-6-15-16(26-9-23-15)5-12(13)10-1-2-17(22-7-10)24-18(25)11-3-4-21-8-14(11)20;1-2/h1-9H,(H,22,24,25);1-2H3. The lowest BCUT2D eigenvalue weighted by Crippen LogP contribution is -2.14. The van der Waals surface area contributed by atoms with Gasteiger partial charge in [-0.25, -0.2) is 14.4 Å². The quantitative estimate of drug-likeness (QED) is 0.502. The molecule has 0 unspecified atom stereocenters. The number of carbonyl (C=O) groups is 1. The minimum atomic E-state index is -0.700. The summed E-state index contributed by atoms with van der Waals surface area (Å²) in [7, 11) is 0. The molecule has 0 aliphatic rings. The zero-order valence-corrected chi connectivity index (χ0v) is 15.9. The first-order chi connectivity index (χ1) is 13.6. The molecule has 1 amide bonds. The van der Waals surface area contributed by atoms with Gasteiger partial charge in [-0.1, -0.05) is 25.4 Å². The highest BCUT2D eigenvalue weighted by Gasteiger charge is 2.13. The SMILES string of the molecule is CC.O=C(Nc1ccc(-c2cc3ocnc3cc2Cl)cn1)c1ccncc1F. The second-order valence-corrected chi connectivity index (χ2v) is 5.80.